The monoisotopic (exact) mass is 303 g/mol. The lowest BCUT2D eigenvalue weighted by molar-refractivity contribution is -0.131. The quantitative estimate of drug-likeness (QED) is 0.836. The molecule has 0 atom stereocenters. The third-order valence-corrected chi connectivity index (χ3v) is 3.07. The van der Waals surface area contributed by atoms with Crippen LogP contribution < -0.4 is 5.32 Å². The van der Waals surface area contributed by atoms with Crippen LogP contribution in [0.4, 0.5) is 5.69 Å². The Morgan fingerprint density at radius 3 is 2.88 bits per heavy atom. The van der Waals surface area contributed by atoms with Crippen molar-refractivity contribution in [3.05, 3.63) is 39.3 Å². The van der Waals surface area contributed by atoms with Crippen LogP contribution in [-0.4, -0.2) is 17.6 Å². The molecule has 5 heteroatoms. The van der Waals surface area contributed by atoms with E-state index in [9.17, 15) is 4.79 Å². The second-order valence-electron chi connectivity index (χ2n) is 3.31. The standard InChI is InChI=1S/C11H11BrClNO2/c1-7(4-11(15)16)6-14-8-2-3-10(13)9(12)5-8/h2-5,14H,6H2,1H3,(H,15,16)/b7-4-. The zero-order valence-corrected chi connectivity index (χ0v) is 11.0. The minimum absolute atomic E-state index is 0.486. The molecule has 1 rings (SSSR count). The fraction of sp³-hybridized carbons (Fsp3) is 0.182. The Morgan fingerprint density at radius 1 is 1.62 bits per heavy atom. The number of hydrogen-bond donors (Lipinski definition) is 2. The largest absolute Gasteiger partial charge is 0.478 e. The summed E-state index contributed by atoms with van der Waals surface area (Å²) in [6.45, 7) is 2.24. The first-order valence-electron chi connectivity index (χ1n) is 4.58. The highest BCUT2D eigenvalue weighted by atomic mass is 79.9. The molecule has 16 heavy (non-hydrogen) atoms. The Bertz CT molecular complexity index is 432. The number of halogens is 2. The predicted octanol–water partition coefficient (Wildman–Crippen LogP) is 3.55. The van der Waals surface area contributed by atoms with E-state index in [1.165, 1.54) is 6.08 Å². The highest BCUT2D eigenvalue weighted by molar-refractivity contribution is 9.10. The van der Waals surface area contributed by atoms with Gasteiger partial charge in [0, 0.05) is 22.8 Å². The minimum Gasteiger partial charge on any atom is -0.478 e. The topological polar surface area (TPSA) is 49.3 Å². The van der Waals surface area contributed by atoms with Gasteiger partial charge in [-0.05, 0) is 46.6 Å². The van der Waals surface area contributed by atoms with Gasteiger partial charge in [0.05, 0.1) is 5.02 Å². The molecular weight excluding hydrogens is 293 g/mol. The van der Waals surface area contributed by atoms with Crippen molar-refractivity contribution in [1.82, 2.24) is 0 Å². The summed E-state index contributed by atoms with van der Waals surface area (Å²) in [5.74, 6) is -0.934. The van der Waals surface area contributed by atoms with E-state index < -0.39 is 5.97 Å². The molecule has 2 N–H and O–H groups in total. The van der Waals surface area contributed by atoms with Gasteiger partial charge in [-0.3, -0.25) is 0 Å². The second kappa shape index (κ2) is 5.92. The molecule has 0 aromatic heterocycles. The maximum Gasteiger partial charge on any atom is 0.328 e. The molecule has 0 aliphatic rings. The van der Waals surface area contributed by atoms with E-state index in [0.29, 0.717) is 11.6 Å². The molecule has 0 heterocycles. The van der Waals surface area contributed by atoms with E-state index in [4.69, 9.17) is 16.7 Å². The number of carbonyl (C=O) groups is 1. The Hall–Kier alpha value is -1.000. The van der Waals surface area contributed by atoms with Crippen molar-refractivity contribution < 1.29 is 9.90 Å². The highest BCUT2D eigenvalue weighted by Gasteiger charge is 1.99. The zero-order valence-electron chi connectivity index (χ0n) is 8.63. The first-order chi connectivity index (χ1) is 7.49. The summed E-state index contributed by atoms with van der Waals surface area (Å²) in [6.07, 6.45) is 1.18. The zero-order chi connectivity index (χ0) is 12.1. The van der Waals surface area contributed by atoms with Gasteiger partial charge in [-0.1, -0.05) is 11.6 Å². The molecule has 1 aromatic carbocycles. The number of aliphatic carboxylic acids is 1. The van der Waals surface area contributed by atoms with Gasteiger partial charge < -0.3 is 10.4 Å². The normalized spacial score (nSPS) is 11.3. The summed E-state index contributed by atoms with van der Waals surface area (Å²) in [5, 5.41) is 12.3. The third-order valence-electron chi connectivity index (χ3n) is 1.86. The number of hydrogen-bond acceptors (Lipinski definition) is 2. The molecule has 1 aromatic rings. The van der Waals surface area contributed by atoms with E-state index in [0.717, 1.165) is 15.7 Å². The Balaban J connectivity index is 2.61. The van der Waals surface area contributed by atoms with Crippen molar-refractivity contribution in [2.24, 2.45) is 0 Å². The summed E-state index contributed by atoms with van der Waals surface area (Å²) in [6, 6.07) is 5.45. The van der Waals surface area contributed by atoms with Gasteiger partial charge >= 0.3 is 5.97 Å². The number of nitrogens with one attached hydrogen (secondary N) is 1. The van der Waals surface area contributed by atoms with Gasteiger partial charge in [-0.25, -0.2) is 4.79 Å². The van der Waals surface area contributed by atoms with Gasteiger partial charge in [0.2, 0.25) is 0 Å². The average Bonchev–Trinajstić information content (AvgIpc) is 2.19. The van der Waals surface area contributed by atoms with Crippen LogP contribution in [0.25, 0.3) is 0 Å². The molecule has 0 amide bonds. The molecule has 0 radical (unpaired) electrons. The van der Waals surface area contributed by atoms with Crippen LogP contribution in [0.3, 0.4) is 0 Å². The fourth-order valence-electron chi connectivity index (χ4n) is 1.11. The average molecular weight is 305 g/mol. The van der Waals surface area contributed by atoms with Crippen molar-refractivity contribution in [1.29, 1.82) is 0 Å². The predicted molar refractivity (Wildman–Crippen MR) is 69.0 cm³/mol. The molecule has 0 bridgehead atoms. The number of benzene rings is 1. The smallest absolute Gasteiger partial charge is 0.328 e. The summed E-state index contributed by atoms with van der Waals surface area (Å²) < 4.78 is 0.805. The molecule has 0 spiro atoms. The van der Waals surface area contributed by atoms with E-state index in [1.54, 1.807) is 13.0 Å². The van der Waals surface area contributed by atoms with Gasteiger partial charge in [0.25, 0.3) is 0 Å². The lowest BCUT2D eigenvalue weighted by atomic mass is 10.2. The van der Waals surface area contributed by atoms with Crippen LogP contribution in [-0.2, 0) is 4.79 Å². The van der Waals surface area contributed by atoms with Crippen LogP contribution >= 0.6 is 27.5 Å². The SMILES string of the molecule is C/C(=C/C(=O)O)CNc1ccc(Cl)c(Br)c1. The maximum absolute atomic E-state index is 10.4. The van der Waals surface area contributed by atoms with Crippen LogP contribution in [0.15, 0.2) is 34.3 Å². The Kier molecular flexibility index (Phi) is 4.83. The number of carboxylic acid groups (broad SMARTS) is 1. The summed E-state index contributed by atoms with van der Waals surface area (Å²) in [7, 11) is 0. The number of anilines is 1. The van der Waals surface area contributed by atoms with Crippen LogP contribution in [0.5, 0.6) is 0 Å². The second-order valence-corrected chi connectivity index (χ2v) is 4.57. The molecule has 3 nitrogen and oxygen atoms in total. The molecule has 0 saturated carbocycles. The lowest BCUT2D eigenvalue weighted by Gasteiger charge is -2.07. The van der Waals surface area contributed by atoms with Crippen molar-refractivity contribution in [2.75, 3.05) is 11.9 Å². The summed E-state index contributed by atoms with van der Waals surface area (Å²) in [4.78, 5) is 10.4. The van der Waals surface area contributed by atoms with Crippen molar-refractivity contribution in [3.63, 3.8) is 0 Å². The van der Waals surface area contributed by atoms with Crippen LogP contribution in [0.1, 0.15) is 6.92 Å². The van der Waals surface area contributed by atoms with E-state index >= 15 is 0 Å². The van der Waals surface area contributed by atoms with E-state index in [-0.39, 0.29) is 0 Å². The van der Waals surface area contributed by atoms with Gasteiger partial charge in [0.15, 0.2) is 0 Å². The summed E-state index contributed by atoms with van der Waals surface area (Å²) >= 11 is 9.16. The Labute approximate surface area is 107 Å². The molecule has 0 aliphatic carbocycles. The summed E-state index contributed by atoms with van der Waals surface area (Å²) in [5.41, 5.74) is 1.63. The molecule has 0 fully saturated rings. The Morgan fingerprint density at radius 2 is 2.31 bits per heavy atom. The van der Waals surface area contributed by atoms with Crippen molar-refractivity contribution in [3.8, 4) is 0 Å². The van der Waals surface area contributed by atoms with E-state index in [1.807, 2.05) is 12.1 Å². The van der Waals surface area contributed by atoms with Gasteiger partial charge in [0.1, 0.15) is 0 Å². The van der Waals surface area contributed by atoms with Crippen molar-refractivity contribution >= 4 is 39.2 Å². The van der Waals surface area contributed by atoms with Crippen molar-refractivity contribution in [2.45, 2.75) is 6.92 Å². The van der Waals surface area contributed by atoms with Gasteiger partial charge in [-0.2, -0.15) is 0 Å². The number of rotatable bonds is 4. The fourth-order valence-corrected chi connectivity index (χ4v) is 1.61. The maximum atomic E-state index is 10.4. The van der Waals surface area contributed by atoms with Gasteiger partial charge in [-0.15, -0.1) is 0 Å². The molecular formula is C11H11BrClNO2. The minimum atomic E-state index is -0.934. The first kappa shape index (κ1) is 13.1. The van der Waals surface area contributed by atoms with Crippen LogP contribution in [0.2, 0.25) is 5.02 Å². The van der Waals surface area contributed by atoms with Crippen LogP contribution in [0, 0.1) is 0 Å². The highest BCUT2D eigenvalue weighted by Crippen LogP contribution is 2.25. The first-order valence-corrected chi connectivity index (χ1v) is 5.75. The molecule has 0 unspecified atom stereocenters. The number of carboxylic acids is 1. The van der Waals surface area contributed by atoms with E-state index in [2.05, 4.69) is 21.2 Å². The molecule has 86 valence electrons. The lowest BCUT2D eigenvalue weighted by Crippen LogP contribution is -2.04. The third kappa shape index (κ3) is 4.24. The molecule has 0 aliphatic heterocycles. The molecule has 0 saturated heterocycles.